The van der Waals surface area contributed by atoms with E-state index < -0.39 is 27.2 Å². The van der Waals surface area contributed by atoms with Gasteiger partial charge in [-0.2, -0.15) is 0 Å². The number of halogens is 1. The van der Waals surface area contributed by atoms with Crippen molar-refractivity contribution in [3.05, 3.63) is 56.6 Å². The zero-order valence-electron chi connectivity index (χ0n) is 21.7. The summed E-state index contributed by atoms with van der Waals surface area (Å²) in [7, 11) is -2.23. The van der Waals surface area contributed by atoms with Crippen LogP contribution in [0.25, 0.3) is 10.9 Å². The fourth-order valence-electron chi connectivity index (χ4n) is 4.61. The van der Waals surface area contributed by atoms with Crippen LogP contribution in [-0.2, 0) is 26.5 Å². The predicted molar refractivity (Wildman–Crippen MR) is 147 cm³/mol. The number of pyridine rings is 1. The molecule has 12 nitrogen and oxygen atoms in total. The molecule has 1 amide bonds. The predicted octanol–water partition coefficient (Wildman–Crippen LogP) is 1.76. The van der Waals surface area contributed by atoms with Crippen LogP contribution in [0.5, 0.6) is 0 Å². The van der Waals surface area contributed by atoms with Crippen molar-refractivity contribution in [2.24, 2.45) is 7.05 Å². The maximum atomic E-state index is 13.4. The number of anilines is 2. The average Bonchev–Trinajstić information content (AvgIpc) is 2.85. The maximum Gasteiger partial charge on any atom is 0.285 e. The molecule has 2 aromatic heterocycles. The Morgan fingerprint density at radius 1 is 1.15 bits per heavy atom. The molecule has 2 aliphatic heterocycles. The van der Waals surface area contributed by atoms with Gasteiger partial charge < -0.3 is 19.7 Å². The number of aromatic nitrogens is 3. The molecule has 2 saturated heterocycles. The first-order valence-electron chi connectivity index (χ1n) is 12.5. The van der Waals surface area contributed by atoms with Gasteiger partial charge in [-0.15, -0.1) is 0 Å². The van der Waals surface area contributed by atoms with E-state index in [1.165, 1.54) is 6.07 Å². The number of amides is 1. The van der Waals surface area contributed by atoms with Gasteiger partial charge in [0.05, 0.1) is 49.1 Å². The summed E-state index contributed by atoms with van der Waals surface area (Å²) in [6.07, 6.45) is 0. The van der Waals surface area contributed by atoms with E-state index in [2.05, 4.69) is 15.0 Å². The van der Waals surface area contributed by atoms with Crippen molar-refractivity contribution in [1.82, 2.24) is 19.3 Å². The minimum absolute atomic E-state index is 0.0209. The Morgan fingerprint density at radius 2 is 1.87 bits per heavy atom. The van der Waals surface area contributed by atoms with Gasteiger partial charge in [0.2, 0.25) is 16.0 Å². The number of benzene rings is 1. The molecule has 14 heteroatoms. The van der Waals surface area contributed by atoms with E-state index in [0.717, 1.165) is 11.1 Å². The van der Waals surface area contributed by atoms with Gasteiger partial charge in [0.15, 0.2) is 5.69 Å². The van der Waals surface area contributed by atoms with Crippen molar-refractivity contribution in [2.45, 2.75) is 25.1 Å². The number of hydrogen-bond donors (Lipinski definition) is 2. The van der Waals surface area contributed by atoms with Crippen LogP contribution in [0.15, 0.2) is 29.1 Å². The smallest absolute Gasteiger partial charge is 0.285 e. The zero-order valence-corrected chi connectivity index (χ0v) is 23.3. The highest BCUT2D eigenvalue weighted by Crippen LogP contribution is 2.29. The molecule has 39 heavy (non-hydrogen) atoms. The third-order valence-electron chi connectivity index (χ3n) is 6.82. The minimum atomic E-state index is -3.94. The van der Waals surface area contributed by atoms with E-state index in [-0.39, 0.29) is 35.3 Å². The molecule has 4 heterocycles. The monoisotopic (exact) mass is 576 g/mol. The first kappa shape index (κ1) is 27.3. The number of aryl methyl sites for hydroxylation is 1. The van der Waals surface area contributed by atoms with Crippen LogP contribution in [0.3, 0.4) is 0 Å². The summed E-state index contributed by atoms with van der Waals surface area (Å²) in [6.45, 7) is 6.12. The van der Waals surface area contributed by atoms with Gasteiger partial charge in [-0.3, -0.25) is 14.2 Å². The zero-order chi connectivity index (χ0) is 27.9. The lowest BCUT2D eigenvalue weighted by Crippen LogP contribution is -2.48. The fourth-order valence-corrected chi connectivity index (χ4v) is 5.83. The van der Waals surface area contributed by atoms with E-state index in [4.69, 9.17) is 26.1 Å². The first-order valence-corrected chi connectivity index (χ1v) is 14.4. The summed E-state index contributed by atoms with van der Waals surface area (Å²) in [5, 5.41) is 2.95. The van der Waals surface area contributed by atoms with E-state index in [1.54, 1.807) is 17.7 Å². The Kier molecular flexibility index (Phi) is 7.51. The molecule has 2 N–H and O–H groups in total. The Bertz CT molecular complexity index is 1600. The number of nitrogens with one attached hydrogen (secondary N) is 2. The van der Waals surface area contributed by atoms with E-state index in [1.807, 2.05) is 30.9 Å². The van der Waals surface area contributed by atoms with E-state index in [0.29, 0.717) is 43.2 Å². The number of nitrogens with zero attached hydrogens (tertiary/aromatic N) is 4. The third kappa shape index (κ3) is 5.44. The molecule has 208 valence electrons. The molecule has 0 aliphatic carbocycles. The first-order chi connectivity index (χ1) is 18.5. The van der Waals surface area contributed by atoms with E-state index >= 15 is 0 Å². The number of rotatable bonds is 7. The highest BCUT2D eigenvalue weighted by molar-refractivity contribution is 7.90. The lowest BCUT2D eigenvalue weighted by molar-refractivity contribution is 0.0410. The standard InChI is InChI=1S/C25H29ClN6O6S/c1-14-10-17(21-18(11-14)24(34)31(3)25(29-21)32-6-8-37-9-7-32)15(2)27-19-4-5-20(26)28-22(19)23(33)30-39(35,36)16-12-38-13-16/h4-5,10-11,15-16,27H,6-9,12-13H2,1-3H3,(H,30,33)/t15-/m1/s1. The Balaban J connectivity index is 1.51. The maximum absolute atomic E-state index is 13.4. The van der Waals surface area contributed by atoms with Crippen molar-refractivity contribution in [2.75, 3.05) is 49.7 Å². The van der Waals surface area contributed by atoms with Crippen LogP contribution < -0.4 is 20.5 Å². The second-order valence-corrected chi connectivity index (χ2v) is 12.0. The topological polar surface area (TPSA) is 145 Å². The van der Waals surface area contributed by atoms with Crippen LogP contribution in [0.4, 0.5) is 11.6 Å². The molecule has 0 bridgehead atoms. The van der Waals surface area contributed by atoms with Crippen molar-refractivity contribution in [1.29, 1.82) is 0 Å². The summed E-state index contributed by atoms with van der Waals surface area (Å²) in [5.41, 5.74) is 2.06. The number of carbonyl (C=O) groups excluding carboxylic acids is 1. The second kappa shape index (κ2) is 10.7. The molecule has 1 atom stereocenters. The second-order valence-electron chi connectivity index (χ2n) is 9.66. The van der Waals surface area contributed by atoms with Gasteiger partial charge in [0.25, 0.3) is 11.5 Å². The SMILES string of the molecule is Cc1cc([C@@H](C)Nc2ccc(Cl)nc2C(=O)NS(=O)(=O)C2COC2)c2nc(N3CCOCC3)n(C)c(=O)c2c1. The average molecular weight is 577 g/mol. The summed E-state index contributed by atoms with van der Waals surface area (Å²) < 4.78 is 39.0. The minimum Gasteiger partial charge on any atom is -0.378 e. The van der Waals surface area contributed by atoms with Gasteiger partial charge in [0.1, 0.15) is 10.4 Å². The van der Waals surface area contributed by atoms with Crippen molar-refractivity contribution < 1.29 is 22.7 Å². The molecule has 2 aliphatic rings. The van der Waals surface area contributed by atoms with Gasteiger partial charge >= 0.3 is 0 Å². The highest BCUT2D eigenvalue weighted by atomic mass is 35.5. The van der Waals surface area contributed by atoms with Crippen LogP contribution in [0.1, 0.15) is 34.6 Å². The van der Waals surface area contributed by atoms with Crippen molar-refractivity contribution in [3.8, 4) is 0 Å². The van der Waals surface area contributed by atoms with Crippen molar-refractivity contribution >= 4 is 50.1 Å². The quantitative estimate of drug-likeness (QED) is 0.399. The van der Waals surface area contributed by atoms with Gasteiger partial charge in [-0.1, -0.05) is 17.7 Å². The number of hydrogen-bond acceptors (Lipinski definition) is 10. The molecule has 5 rings (SSSR count). The van der Waals surface area contributed by atoms with E-state index in [9.17, 15) is 18.0 Å². The third-order valence-corrected chi connectivity index (χ3v) is 8.65. The molecule has 0 unspecified atom stereocenters. The fraction of sp³-hybridized carbons (Fsp3) is 0.440. The van der Waals surface area contributed by atoms with Crippen LogP contribution >= 0.6 is 11.6 Å². The molecule has 3 aromatic rings. The number of carbonyl (C=O) groups is 1. The number of morpholine rings is 1. The van der Waals surface area contributed by atoms with Crippen LogP contribution in [0.2, 0.25) is 5.15 Å². The largest absolute Gasteiger partial charge is 0.378 e. The number of sulfonamides is 1. The van der Waals surface area contributed by atoms with Crippen LogP contribution in [0, 0.1) is 6.92 Å². The summed E-state index contributed by atoms with van der Waals surface area (Å²) in [6, 6.07) is 6.35. The Hall–Kier alpha value is -3.26. The highest BCUT2D eigenvalue weighted by Gasteiger charge is 2.35. The van der Waals surface area contributed by atoms with Gasteiger partial charge in [-0.25, -0.2) is 23.1 Å². The number of fused-ring (bicyclic) bond motifs is 1. The summed E-state index contributed by atoms with van der Waals surface area (Å²) in [5.74, 6) is -0.360. The van der Waals surface area contributed by atoms with Crippen molar-refractivity contribution in [3.63, 3.8) is 0 Å². The molecule has 0 saturated carbocycles. The Labute approximate surface area is 230 Å². The normalized spacial score (nSPS) is 17.1. The molecule has 0 radical (unpaired) electrons. The molecular weight excluding hydrogens is 548 g/mol. The Morgan fingerprint density at radius 3 is 2.54 bits per heavy atom. The summed E-state index contributed by atoms with van der Waals surface area (Å²) >= 11 is 6.06. The lowest BCUT2D eigenvalue weighted by atomic mass is 10.0. The summed E-state index contributed by atoms with van der Waals surface area (Å²) in [4.78, 5) is 37.4. The molecule has 2 fully saturated rings. The van der Waals surface area contributed by atoms with Crippen LogP contribution in [-0.4, -0.2) is 73.6 Å². The van der Waals surface area contributed by atoms with Gasteiger partial charge in [0, 0.05) is 25.7 Å². The van der Waals surface area contributed by atoms with Gasteiger partial charge in [-0.05, 0) is 37.6 Å². The molecule has 1 aromatic carbocycles. The molecular formula is C25H29ClN6O6S. The molecule has 0 spiro atoms. The number of ether oxygens (including phenoxy) is 2. The lowest BCUT2D eigenvalue weighted by Gasteiger charge is -2.29.